The van der Waals surface area contributed by atoms with E-state index in [0.29, 0.717) is 25.9 Å². The molecule has 1 aliphatic heterocycles. The van der Waals surface area contributed by atoms with Gasteiger partial charge in [0, 0.05) is 37.4 Å². The fraction of sp³-hybridized carbons (Fsp3) is 0.348. The van der Waals surface area contributed by atoms with Crippen molar-refractivity contribution >= 4 is 29.5 Å². The molecule has 0 aliphatic carbocycles. The summed E-state index contributed by atoms with van der Waals surface area (Å²) in [5.41, 5.74) is 3.10. The van der Waals surface area contributed by atoms with E-state index in [-0.39, 0.29) is 24.3 Å². The molecule has 0 radical (unpaired) electrons. The number of carbonyl (C=O) groups is 2. The van der Waals surface area contributed by atoms with Crippen LogP contribution in [0.1, 0.15) is 31.2 Å². The monoisotopic (exact) mass is 408 g/mol. The summed E-state index contributed by atoms with van der Waals surface area (Å²) >= 11 is 0. The lowest BCUT2D eigenvalue weighted by Crippen LogP contribution is -2.29. The molecule has 158 valence electrons. The van der Waals surface area contributed by atoms with E-state index >= 15 is 0 Å². The molecular formula is C23H28N4O3. The first-order chi connectivity index (χ1) is 14.6. The van der Waals surface area contributed by atoms with Crippen molar-refractivity contribution in [3.63, 3.8) is 0 Å². The number of anilines is 2. The summed E-state index contributed by atoms with van der Waals surface area (Å²) in [6.07, 6.45) is 5.91. The van der Waals surface area contributed by atoms with Crippen molar-refractivity contribution in [3.8, 4) is 0 Å². The first-order valence-electron chi connectivity index (χ1n) is 10.2. The molecular weight excluding hydrogens is 380 g/mol. The number of hydrogen-bond acceptors (Lipinski definition) is 6. The Morgan fingerprint density at radius 1 is 1.20 bits per heavy atom. The second-order valence-corrected chi connectivity index (χ2v) is 7.24. The van der Waals surface area contributed by atoms with Gasteiger partial charge in [-0.3, -0.25) is 9.59 Å². The second-order valence-electron chi connectivity index (χ2n) is 7.24. The molecule has 3 N–H and O–H groups in total. The molecule has 2 heterocycles. The van der Waals surface area contributed by atoms with Gasteiger partial charge in [-0.1, -0.05) is 30.3 Å². The van der Waals surface area contributed by atoms with Gasteiger partial charge in [-0.15, -0.1) is 0 Å². The van der Waals surface area contributed by atoms with Crippen molar-refractivity contribution in [2.75, 3.05) is 30.8 Å². The summed E-state index contributed by atoms with van der Waals surface area (Å²) in [5.74, 6) is 0.564. The van der Waals surface area contributed by atoms with Gasteiger partial charge >= 0.3 is 5.97 Å². The van der Waals surface area contributed by atoms with Gasteiger partial charge < -0.3 is 20.7 Å². The molecule has 1 amide bonds. The first-order valence-corrected chi connectivity index (χ1v) is 10.2. The maximum Gasteiger partial charge on any atom is 0.307 e. The Hall–Kier alpha value is -3.35. The van der Waals surface area contributed by atoms with Gasteiger partial charge in [0.25, 0.3) is 0 Å². The van der Waals surface area contributed by atoms with E-state index in [4.69, 9.17) is 4.74 Å². The highest BCUT2D eigenvalue weighted by atomic mass is 16.5. The lowest BCUT2D eigenvalue weighted by molar-refractivity contribution is -0.140. The Morgan fingerprint density at radius 2 is 2.03 bits per heavy atom. The Kier molecular flexibility index (Phi) is 7.83. The van der Waals surface area contributed by atoms with Crippen LogP contribution in [0.2, 0.25) is 0 Å². The van der Waals surface area contributed by atoms with E-state index in [1.165, 1.54) is 7.11 Å². The van der Waals surface area contributed by atoms with Crippen LogP contribution < -0.4 is 16.0 Å². The maximum atomic E-state index is 12.3. The van der Waals surface area contributed by atoms with Crippen LogP contribution in [0.5, 0.6) is 0 Å². The van der Waals surface area contributed by atoms with Crippen molar-refractivity contribution in [2.24, 2.45) is 0 Å². The van der Waals surface area contributed by atoms with Gasteiger partial charge in [0.2, 0.25) is 5.91 Å². The third kappa shape index (κ3) is 6.62. The molecule has 0 spiro atoms. The Labute approximate surface area is 176 Å². The average molecular weight is 409 g/mol. The van der Waals surface area contributed by atoms with E-state index in [0.717, 1.165) is 29.1 Å². The molecule has 1 aliphatic rings. The van der Waals surface area contributed by atoms with Crippen LogP contribution in [0.25, 0.3) is 6.08 Å². The molecule has 1 aromatic carbocycles. The lowest BCUT2D eigenvalue weighted by Gasteiger charge is -2.18. The predicted octanol–water partition coefficient (Wildman–Crippen LogP) is 3.22. The van der Waals surface area contributed by atoms with Crippen molar-refractivity contribution in [1.29, 1.82) is 0 Å². The average Bonchev–Trinajstić information content (AvgIpc) is 2.94. The number of hydrogen-bond donors (Lipinski definition) is 3. The number of nitrogens with one attached hydrogen (secondary N) is 3. The van der Waals surface area contributed by atoms with Crippen LogP contribution in [0, 0.1) is 0 Å². The number of aromatic nitrogens is 1. The minimum Gasteiger partial charge on any atom is -0.469 e. The highest BCUT2D eigenvalue weighted by molar-refractivity contribution is 5.77. The summed E-state index contributed by atoms with van der Waals surface area (Å²) in [6, 6.07) is 13.6. The van der Waals surface area contributed by atoms with Crippen molar-refractivity contribution in [3.05, 3.63) is 59.8 Å². The van der Waals surface area contributed by atoms with Crippen molar-refractivity contribution in [1.82, 2.24) is 10.3 Å². The number of benzene rings is 1. The van der Waals surface area contributed by atoms with E-state index in [2.05, 4.69) is 27.0 Å². The van der Waals surface area contributed by atoms with Gasteiger partial charge in [-0.05, 0) is 42.2 Å². The zero-order valence-corrected chi connectivity index (χ0v) is 17.2. The number of carbonyl (C=O) groups excluding carboxylic acids is 2. The zero-order chi connectivity index (χ0) is 21.2. The van der Waals surface area contributed by atoms with Gasteiger partial charge in [-0.2, -0.15) is 0 Å². The Balaban J connectivity index is 1.50. The first kappa shape index (κ1) is 21.4. The summed E-state index contributed by atoms with van der Waals surface area (Å²) in [5, 5.41) is 9.62. The van der Waals surface area contributed by atoms with Crippen molar-refractivity contribution in [2.45, 2.75) is 31.7 Å². The standard InChI is InChI=1S/C23H28N4O3/c1-30-23(29)15-19-14-17(13-18-7-2-3-8-20(18)27-19)16-26-22(28)10-6-12-25-21-9-4-5-11-24-21/h2-5,7-9,11,13,19,27H,6,10,12,14-16H2,1H3,(H,24,25)(H,26,28). The second kappa shape index (κ2) is 11.0. The number of pyridine rings is 1. The van der Waals surface area contributed by atoms with Crippen molar-refractivity contribution < 1.29 is 14.3 Å². The molecule has 7 nitrogen and oxygen atoms in total. The molecule has 0 saturated heterocycles. The van der Waals surface area contributed by atoms with Gasteiger partial charge in [0.05, 0.1) is 13.5 Å². The number of rotatable bonds is 9. The fourth-order valence-corrected chi connectivity index (χ4v) is 3.38. The number of esters is 1. The molecule has 1 aromatic heterocycles. The van der Waals surface area contributed by atoms with E-state index in [1.807, 2.05) is 42.5 Å². The molecule has 7 heteroatoms. The number of nitrogens with zero attached hydrogens (tertiary/aromatic N) is 1. The van der Waals surface area contributed by atoms with Crippen LogP contribution in [-0.2, 0) is 14.3 Å². The predicted molar refractivity (Wildman–Crippen MR) is 118 cm³/mol. The molecule has 30 heavy (non-hydrogen) atoms. The topological polar surface area (TPSA) is 92.3 Å². The highest BCUT2D eigenvalue weighted by Crippen LogP contribution is 2.27. The summed E-state index contributed by atoms with van der Waals surface area (Å²) in [4.78, 5) is 28.2. The minimum atomic E-state index is -0.254. The Bertz CT molecular complexity index is 883. The van der Waals surface area contributed by atoms with E-state index in [9.17, 15) is 9.59 Å². The minimum absolute atomic E-state index is 0.00808. The van der Waals surface area contributed by atoms with Gasteiger partial charge in [-0.25, -0.2) is 4.98 Å². The summed E-state index contributed by atoms with van der Waals surface area (Å²) in [7, 11) is 1.40. The van der Waals surface area contributed by atoms with Crippen LogP contribution in [0.15, 0.2) is 54.2 Å². The number of methoxy groups -OCH3 is 1. The van der Waals surface area contributed by atoms with E-state index < -0.39 is 0 Å². The normalized spacial score (nSPS) is 15.1. The number of para-hydroxylation sites is 1. The molecule has 1 unspecified atom stereocenters. The summed E-state index contributed by atoms with van der Waals surface area (Å²) in [6.45, 7) is 1.14. The van der Waals surface area contributed by atoms with Crippen LogP contribution in [-0.4, -0.2) is 43.1 Å². The number of fused-ring (bicyclic) bond motifs is 1. The summed E-state index contributed by atoms with van der Waals surface area (Å²) < 4.78 is 4.82. The molecule has 3 rings (SSSR count). The molecule has 0 saturated carbocycles. The molecule has 1 atom stereocenters. The molecule has 0 fully saturated rings. The van der Waals surface area contributed by atoms with Gasteiger partial charge in [0.1, 0.15) is 5.82 Å². The number of ether oxygens (including phenoxy) is 1. The molecule has 2 aromatic rings. The molecule has 0 bridgehead atoms. The smallest absolute Gasteiger partial charge is 0.307 e. The number of amides is 1. The lowest BCUT2D eigenvalue weighted by atomic mass is 10.0. The zero-order valence-electron chi connectivity index (χ0n) is 17.2. The third-order valence-corrected chi connectivity index (χ3v) is 4.89. The van der Waals surface area contributed by atoms with Crippen LogP contribution in [0.3, 0.4) is 0 Å². The largest absolute Gasteiger partial charge is 0.469 e. The fourth-order valence-electron chi connectivity index (χ4n) is 3.38. The third-order valence-electron chi connectivity index (χ3n) is 4.89. The highest BCUT2D eigenvalue weighted by Gasteiger charge is 2.20. The maximum absolute atomic E-state index is 12.3. The van der Waals surface area contributed by atoms with Crippen LogP contribution in [0.4, 0.5) is 11.5 Å². The van der Waals surface area contributed by atoms with E-state index in [1.54, 1.807) is 6.20 Å². The quantitative estimate of drug-likeness (QED) is 0.436. The SMILES string of the molecule is COC(=O)CC1CC(CNC(=O)CCCNc2ccccn2)=Cc2ccccc2N1. The Morgan fingerprint density at radius 3 is 2.83 bits per heavy atom. The van der Waals surface area contributed by atoms with Crippen LogP contribution >= 0.6 is 0 Å². The van der Waals surface area contributed by atoms with Gasteiger partial charge in [0.15, 0.2) is 0 Å².